The Morgan fingerprint density at radius 1 is 0.571 bits per heavy atom. The minimum Gasteiger partial charge on any atom is -0.456 e. The van der Waals surface area contributed by atoms with E-state index in [1.165, 1.54) is 57.2 Å². The van der Waals surface area contributed by atoms with Crippen LogP contribution in [0.5, 0.6) is 0 Å². The molecule has 0 aromatic heterocycles. The van der Waals surface area contributed by atoms with Gasteiger partial charge in [0.05, 0.1) is 11.0 Å². The highest BCUT2D eigenvalue weighted by atomic mass is 32.2. The van der Waals surface area contributed by atoms with E-state index in [1.54, 1.807) is 32.9 Å². The van der Waals surface area contributed by atoms with Crippen molar-refractivity contribution in [1.82, 2.24) is 0 Å². The Labute approximate surface area is 322 Å². The van der Waals surface area contributed by atoms with Crippen molar-refractivity contribution in [3.8, 4) is 22.5 Å². The van der Waals surface area contributed by atoms with Crippen molar-refractivity contribution in [3.63, 3.8) is 0 Å². The van der Waals surface area contributed by atoms with E-state index in [0.717, 1.165) is 18.2 Å². The number of nitrogens with zero attached hydrogens (tertiary/aromatic N) is 1. The molecule has 0 bridgehead atoms. The molecule has 4 aromatic carbocycles. The van der Waals surface area contributed by atoms with Gasteiger partial charge in [-0.05, 0) is 99.2 Å². The Morgan fingerprint density at radius 3 is 1.73 bits per heavy atom. The first-order valence-corrected chi connectivity index (χ1v) is 22.1. The molecule has 19 heteroatoms. The SMILES string of the molecule is Cc1cc(C)c(S(=O)(=O)O)c(C)c1N=c1cc2oc3cc(Nc4c(C)cc(C)c(S(=O)(=O)O)c4C)ccc3c(-c3ccccc3S(=O)(=O)O)c-2cc1S(=O)(=O)O. The summed E-state index contributed by atoms with van der Waals surface area (Å²) in [6.07, 6.45) is 0. The van der Waals surface area contributed by atoms with Crippen LogP contribution in [0, 0.1) is 41.5 Å². The van der Waals surface area contributed by atoms with Crippen LogP contribution in [0.4, 0.5) is 17.1 Å². The van der Waals surface area contributed by atoms with Crippen LogP contribution in [0.25, 0.3) is 33.4 Å². The molecule has 0 fully saturated rings. The molecule has 4 aromatic rings. The molecule has 1 heterocycles. The van der Waals surface area contributed by atoms with Crippen molar-refractivity contribution >= 4 is 68.5 Å². The van der Waals surface area contributed by atoms with Crippen molar-refractivity contribution in [2.45, 2.75) is 61.1 Å². The third-order valence-electron chi connectivity index (χ3n) is 9.29. The van der Waals surface area contributed by atoms with Gasteiger partial charge >= 0.3 is 0 Å². The molecule has 0 unspecified atom stereocenters. The number of hydrogen-bond acceptors (Lipinski definition) is 11. The molecular weight excluding hydrogens is 809 g/mol. The van der Waals surface area contributed by atoms with Crippen molar-refractivity contribution in [3.05, 3.63) is 105 Å². The average molecular weight is 843 g/mol. The lowest BCUT2D eigenvalue weighted by Gasteiger charge is -2.20. The molecule has 0 saturated heterocycles. The third kappa shape index (κ3) is 7.47. The first kappa shape index (κ1) is 40.7. The Bertz CT molecular complexity index is 3170. The van der Waals surface area contributed by atoms with Gasteiger partial charge in [0.15, 0.2) is 0 Å². The summed E-state index contributed by atoms with van der Waals surface area (Å²) in [5.74, 6) is -0.102. The molecule has 0 radical (unpaired) electrons. The van der Waals surface area contributed by atoms with E-state index in [2.05, 4.69) is 10.3 Å². The lowest BCUT2D eigenvalue weighted by Crippen LogP contribution is -2.16. The van der Waals surface area contributed by atoms with Crippen LogP contribution < -0.4 is 10.7 Å². The maximum atomic E-state index is 13.0. The van der Waals surface area contributed by atoms with Crippen LogP contribution >= 0.6 is 0 Å². The third-order valence-corrected chi connectivity index (χ3v) is 13.4. The second-order valence-corrected chi connectivity index (χ2v) is 18.8. The number of aryl methyl sites for hydroxylation is 4. The predicted octanol–water partition coefficient (Wildman–Crippen LogP) is 7.02. The van der Waals surface area contributed by atoms with Crippen molar-refractivity contribution in [2.75, 3.05) is 5.32 Å². The van der Waals surface area contributed by atoms with E-state index in [1.807, 2.05) is 0 Å². The van der Waals surface area contributed by atoms with Crippen LogP contribution in [0.15, 0.2) is 95.7 Å². The number of benzene rings is 5. The first-order valence-electron chi connectivity index (χ1n) is 16.4. The smallest absolute Gasteiger partial charge is 0.296 e. The first-order chi connectivity index (χ1) is 25.8. The second-order valence-electron chi connectivity index (χ2n) is 13.3. The Morgan fingerprint density at radius 2 is 1.14 bits per heavy atom. The van der Waals surface area contributed by atoms with E-state index in [-0.39, 0.29) is 60.7 Å². The Hall–Kier alpha value is -4.99. The standard InChI is InChI=1S/C37H34N2O13S4/c1-18-13-20(3)36(55(46,47)48)22(5)34(18)38-24-11-12-25-29(15-24)52-30-17-28(39-35-19(2)14-21(4)37(23(35)6)56(49,50)51)32(54(43,44)45)16-27(30)33(25)26-9-7-8-10-31(26)53(40,41)42/h7-17,38H,1-6H3,(H,40,41,42)(H,43,44,45)(H,46,47,48)(H,49,50,51). The highest BCUT2D eigenvalue weighted by Gasteiger charge is 2.28. The lowest BCUT2D eigenvalue weighted by atomic mass is 9.93. The van der Waals surface area contributed by atoms with Crippen LogP contribution in [0.2, 0.25) is 0 Å². The summed E-state index contributed by atoms with van der Waals surface area (Å²) in [5, 5.41) is 2.95. The molecule has 6 rings (SSSR count). The fraction of sp³-hybridized carbons (Fsp3) is 0.162. The highest BCUT2D eigenvalue weighted by molar-refractivity contribution is 7.86. The zero-order valence-electron chi connectivity index (χ0n) is 30.4. The zero-order valence-corrected chi connectivity index (χ0v) is 33.7. The predicted molar refractivity (Wildman–Crippen MR) is 207 cm³/mol. The largest absolute Gasteiger partial charge is 0.456 e. The van der Waals surface area contributed by atoms with Gasteiger partial charge in [0.25, 0.3) is 40.5 Å². The van der Waals surface area contributed by atoms with E-state index in [9.17, 15) is 51.9 Å². The molecule has 56 heavy (non-hydrogen) atoms. The van der Waals surface area contributed by atoms with Gasteiger partial charge in [-0.3, -0.25) is 18.2 Å². The van der Waals surface area contributed by atoms with Crippen molar-refractivity contribution in [2.24, 2.45) is 4.99 Å². The summed E-state index contributed by atoms with van der Waals surface area (Å²) in [6, 6.07) is 15.1. The molecule has 0 amide bonds. The maximum Gasteiger partial charge on any atom is 0.296 e. The van der Waals surface area contributed by atoms with Gasteiger partial charge < -0.3 is 9.73 Å². The number of nitrogens with one attached hydrogen (secondary N) is 1. The molecule has 1 aliphatic heterocycles. The van der Waals surface area contributed by atoms with E-state index in [4.69, 9.17) is 4.42 Å². The van der Waals surface area contributed by atoms with Crippen LogP contribution in [-0.4, -0.2) is 51.9 Å². The van der Waals surface area contributed by atoms with Gasteiger partial charge in [-0.2, -0.15) is 33.7 Å². The normalized spacial score (nSPS) is 13.1. The molecule has 15 nitrogen and oxygen atoms in total. The monoisotopic (exact) mass is 842 g/mol. The van der Waals surface area contributed by atoms with Crippen LogP contribution in [-0.2, 0) is 40.5 Å². The summed E-state index contributed by atoms with van der Waals surface area (Å²) < 4.78 is 147. The van der Waals surface area contributed by atoms with Gasteiger partial charge in [-0.25, -0.2) is 4.99 Å². The zero-order chi connectivity index (χ0) is 41.4. The maximum absolute atomic E-state index is 13.0. The molecule has 0 spiro atoms. The second kappa shape index (κ2) is 13.9. The van der Waals surface area contributed by atoms with Crippen molar-refractivity contribution < 1.29 is 56.3 Å². The van der Waals surface area contributed by atoms with Crippen LogP contribution in [0.1, 0.15) is 33.4 Å². The summed E-state index contributed by atoms with van der Waals surface area (Å²) in [4.78, 5) is 2.42. The fourth-order valence-electron chi connectivity index (χ4n) is 7.21. The van der Waals surface area contributed by atoms with Gasteiger partial charge in [0, 0.05) is 45.6 Å². The number of hydrogen-bond donors (Lipinski definition) is 5. The molecular formula is C37H34N2O13S4. The number of rotatable bonds is 8. The van der Waals surface area contributed by atoms with E-state index >= 15 is 0 Å². The van der Waals surface area contributed by atoms with E-state index in [0.29, 0.717) is 28.1 Å². The van der Waals surface area contributed by atoms with Crippen molar-refractivity contribution in [1.29, 1.82) is 0 Å². The summed E-state index contributed by atoms with van der Waals surface area (Å²) in [6.45, 7) is 9.19. The number of fused-ring (bicyclic) bond motifs is 2. The quantitative estimate of drug-likeness (QED) is 0.0763. The molecule has 2 aliphatic rings. The number of anilines is 2. The fourth-order valence-corrected chi connectivity index (χ4v) is 10.5. The van der Waals surface area contributed by atoms with Gasteiger partial charge in [0.2, 0.25) is 0 Å². The molecule has 1 aliphatic carbocycles. The highest BCUT2D eigenvalue weighted by Crippen LogP contribution is 2.44. The lowest BCUT2D eigenvalue weighted by molar-refractivity contribution is 0.479. The average Bonchev–Trinajstić information content (AvgIpc) is 3.04. The molecule has 0 atom stereocenters. The Balaban J connectivity index is 1.74. The van der Waals surface area contributed by atoms with Gasteiger partial charge in [-0.1, -0.05) is 30.3 Å². The summed E-state index contributed by atoms with van der Waals surface area (Å²) >= 11 is 0. The molecule has 0 saturated carbocycles. The van der Waals surface area contributed by atoms with E-state index < -0.39 is 60.5 Å². The van der Waals surface area contributed by atoms with Gasteiger partial charge in [0.1, 0.15) is 30.9 Å². The Kier molecular flexibility index (Phi) is 10.1. The van der Waals surface area contributed by atoms with Gasteiger partial charge in [-0.15, -0.1) is 0 Å². The topological polar surface area (TPSA) is 255 Å². The molecule has 294 valence electrons. The summed E-state index contributed by atoms with van der Waals surface area (Å²) in [7, 11) is -19.4. The van der Waals surface area contributed by atoms with Crippen LogP contribution in [0.3, 0.4) is 0 Å². The summed E-state index contributed by atoms with van der Waals surface area (Å²) in [5.41, 5.74) is 2.44. The minimum absolute atomic E-state index is 0.0147. The molecule has 5 N–H and O–H groups in total. The minimum atomic E-state index is -5.12.